The van der Waals surface area contributed by atoms with Crippen LogP contribution >= 0.6 is 0 Å². The first-order valence-electron chi connectivity index (χ1n) is 6.61. The van der Waals surface area contributed by atoms with Gasteiger partial charge in [-0.3, -0.25) is 4.79 Å². The molecule has 0 aromatic heterocycles. The molecule has 2 nitrogen and oxygen atoms in total. The van der Waals surface area contributed by atoms with Gasteiger partial charge in [-0.05, 0) is 25.3 Å². The zero-order valence-electron chi connectivity index (χ0n) is 12.1. The fourth-order valence-electron chi connectivity index (χ4n) is 1.81. The molecule has 0 amide bonds. The van der Waals surface area contributed by atoms with Crippen molar-refractivity contribution in [2.75, 3.05) is 13.2 Å². The summed E-state index contributed by atoms with van der Waals surface area (Å²) in [5.74, 6) is 0.558. The minimum atomic E-state index is 0.00883. The Morgan fingerprint density at radius 2 is 1.94 bits per heavy atom. The van der Waals surface area contributed by atoms with E-state index in [0.717, 1.165) is 11.1 Å². The van der Waals surface area contributed by atoms with Crippen molar-refractivity contribution in [1.82, 2.24) is 0 Å². The number of Topliss-reactive ketones (excluding diaryl/α,β-unsaturated/α-hetero) is 1. The average molecular weight is 248 g/mol. The van der Waals surface area contributed by atoms with Crippen molar-refractivity contribution in [2.45, 2.75) is 34.6 Å². The molecule has 0 N–H and O–H groups in total. The lowest BCUT2D eigenvalue weighted by Crippen LogP contribution is -2.17. The van der Waals surface area contributed by atoms with Gasteiger partial charge in [0, 0.05) is 17.6 Å². The van der Waals surface area contributed by atoms with Gasteiger partial charge in [-0.2, -0.15) is 0 Å². The normalized spacial score (nSPS) is 23.7. The van der Waals surface area contributed by atoms with Crippen molar-refractivity contribution in [3.8, 4) is 0 Å². The van der Waals surface area contributed by atoms with Crippen LogP contribution in [0.4, 0.5) is 0 Å². The number of hydrogen-bond donors (Lipinski definition) is 0. The first kappa shape index (κ1) is 14.9. The number of carbonyl (C=O) groups is 1. The van der Waals surface area contributed by atoms with Gasteiger partial charge in [-0.25, -0.2) is 0 Å². The Bertz CT molecular complexity index is 399. The lowest BCUT2D eigenvalue weighted by atomic mass is 9.79. The fraction of sp³-hybridized carbons (Fsp3) is 0.562. The summed E-state index contributed by atoms with van der Waals surface area (Å²) in [7, 11) is 0. The SMILES string of the molecule is CCOCC(=O)C1=C(C)C=CC(C)(C(C)C)C=C1. The summed E-state index contributed by atoms with van der Waals surface area (Å²) in [5, 5.41) is 0. The highest BCUT2D eigenvalue weighted by Crippen LogP contribution is 2.33. The Labute approximate surface area is 110 Å². The highest BCUT2D eigenvalue weighted by molar-refractivity contribution is 6.00. The second kappa shape index (κ2) is 6.14. The lowest BCUT2D eigenvalue weighted by Gasteiger charge is -2.26. The molecule has 18 heavy (non-hydrogen) atoms. The van der Waals surface area contributed by atoms with Crippen molar-refractivity contribution < 1.29 is 9.53 Å². The molecule has 100 valence electrons. The van der Waals surface area contributed by atoms with E-state index in [1.54, 1.807) is 0 Å². The van der Waals surface area contributed by atoms with Gasteiger partial charge in [0.15, 0.2) is 5.78 Å². The Balaban J connectivity index is 2.95. The smallest absolute Gasteiger partial charge is 0.188 e. The summed E-state index contributed by atoms with van der Waals surface area (Å²) in [6.45, 7) is 11.2. The molecule has 0 aliphatic heterocycles. The fourth-order valence-corrected chi connectivity index (χ4v) is 1.81. The third-order valence-electron chi connectivity index (χ3n) is 3.71. The molecular weight excluding hydrogens is 224 g/mol. The van der Waals surface area contributed by atoms with Crippen LogP contribution in [0.15, 0.2) is 35.5 Å². The maximum absolute atomic E-state index is 12.0. The first-order valence-corrected chi connectivity index (χ1v) is 6.61. The largest absolute Gasteiger partial charge is 0.374 e. The van der Waals surface area contributed by atoms with E-state index in [1.807, 2.05) is 19.9 Å². The zero-order chi connectivity index (χ0) is 13.8. The number of carbonyl (C=O) groups excluding carboxylic acids is 1. The van der Waals surface area contributed by atoms with E-state index in [0.29, 0.717) is 12.5 Å². The third-order valence-corrected chi connectivity index (χ3v) is 3.71. The van der Waals surface area contributed by atoms with Crippen LogP contribution in [0.1, 0.15) is 34.6 Å². The molecule has 0 aromatic carbocycles. The van der Waals surface area contributed by atoms with Crippen molar-refractivity contribution >= 4 is 5.78 Å². The van der Waals surface area contributed by atoms with E-state index in [-0.39, 0.29) is 17.8 Å². The molecule has 1 unspecified atom stereocenters. The Morgan fingerprint density at radius 1 is 1.33 bits per heavy atom. The number of ether oxygens (including phenoxy) is 1. The van der Waals surface area contributed by atoms with Crippen LogP contribution in [0.5, 0.6) is 0 Å². The maximum atomic E-state index is 12.0. The molecule has 0 bridgehead atoms. The monoisotopic (exact) mass is 248 g/mol. The van der Waals surface area contributed by atoms with Crippen LogP contribution in [-0.2, 0) is 9.53 Å². The Kier molecular flexibility index (Phi) is 5.09. The minimum Gasteiger partial charge on any atom is -0.374 e. The predicted octanol–water partition coefficient (Wildman–Crippen LogP) is 3.70. The number of hydrogen-bond acceptors (Lipinski definition) is 2. The molecule has 0 saturated heterocycles. The van der Waals surface area contributed by atoms with Crippen LogP contribution in [-0.4, -0.2) is 19.0 Å². The number of rotatable bonds is 5. The van der Waals surface area contributed by atoms with Crippen molar-refractivity contribution in [3.63, 3.8) is 0 Å². The Hall–Kier alpha value is -1.15. The van der Waals surface area contributed by atoms with Gasteiger partial charge in [-0.15, -0.1) is 0 Å². The summed E-state index contributed by atoms with van der Waals surface area (Å²) < 4.78 is 5.20. The molecule has 0 aromatic rings. The molecule has 1 rings (SSSR count). The van der Waals surface area contributed by atoms with E-state index in [1.165, 1.54) is 0 Å². The molecular formula is C16H24O2. The van der Waals surface area contributed by atoms with Crippen LogP contribution in [0.3, 0.4) is 0 Å². The summed E-state index contributed by atoms with van der Waals surface area (Å²) in [6.07, 6.45) is 8.32. The van der Waals surface area contributed by atoms with Crippen molar-refractivity contribution in [1.29, 1.82) is 0 Å². The zero-order valence-corrected chi connectivity index (χ0v) is 12.1. The standard InChI is InChI=1S/C16H24O2/c1-6-18-11-15(17)14-8-10-16(5,12(2)3)9-7-13(14)4/h7-10,12H,6,11H2,1-5H3. The predicted molar refractivity (Wildman–Crippen MR) is 75.4 cm³/mol. The van der Waals surface area contributed by atoms with Gasteiger partial charge in [0.1, 0.15) is 6.61 Å². The van der Waals surface area contributed by atoms with Crippen molar-refractivity contribution in [2.24, 2.45) is 11.3 Å². The average Bonchev–Trinajstić information content (AvgIpc) is 2.48. The third kappa shape index (κ3) is 3.42. The number of allylic oxidation sites excluding steroid dienone is 5. The van der Waals surface area contributed by atoms with Gasteiger partial charge in [-0.1, -0.05) is 45.1 Å². The molecule has 0 spiro atoms. The van der Waals surface area contributed by atoms with Crippen LogP contribution < -0.4 is 0 Å². The molecule has 0 radical (unpaired) electrons. The van der Waals surface area contributed by atoms with Gasteiger partial charge >= 0.3 is 0 Å². The summed E-state index contributed by atoms with van der Waals surface area (Å²) in [4.78, 5) is 12.0. The first-order chi connectivity index (χ1) is 8.40. The van der Waals surface area contributed by atoms with E-state index < -0.39 is 0 Å². The van der Waals surface area contributed by atoms with E-state index >= 15 is 0 Å². The second-order valence-corrected chi connectivity index (χ2v) is 5.34. The van der Waals surface area contributed by atoms with Crippen LogP contribution in [0.2, 0.25) is 0 Å². The van der Waals surface area contributed by atoms with Crippen molar-refractivity contribution in [3.05, 3.63) is 35.5 Å². The maximum Gasteiger partial charge on any atom is 0.188 e. The van der Waals surface area contributed by atoms with Gasteiger partial charge < -0.3 is 4.74 Å². The molecule has 2 heteroatoms. The topological polar surface area (TPSA) is 26.3 Å². The highest BCUT2D eigenvalue weighted by atomic mass is 16.5. The Morgan fingerprint density at radius 3 is 2.50 bits per heavy atom. The van der Waals surface area contributed by atoms with Crippen LogP contribution in [0, 0.1) is 11.3 Å². The van der Waals surface area contributed by atoms with E-state index in [4.69, 9.17) is 4.74 Å². The van der Waals surface area contributed by atoms with Gasteiger partial charge in [0.05, 0.1) is 0 Å². The molecule has 1 atom stereocenters. The molecule has 0 heterocycles. The summed E-state index contributed by atoms with van der Waals surface area (Å²) >= 11 is 0. The lowest BCUT2D eigenvalue weighted by molar-refractivity contribution is -0.119. The number of ketones is 1. The van der Waals surface area contributed by atoms with E-state index in [9.17, 15) is 4.79 Å². The summed E-state index contributed by atoms with van der Waals surface area (Å²) in [6, 6.07) is 0. The van der Waals surface area contributed by atoms with Gasteiger partial charge in [0.25, 0.3) is 0 Å². The molecule has 0 fully saturated rings. The quantitative estimate of drug-likeness (QED) is 0.741. The van der Waals surface area contributed by atoms with Gasteiger partial charge in [0.2, 0.25) is 0 Å². The van der Waals surface area contributed by atoms with E-state index in [2.05, 4.69) is 39.0 Å². The summed E-state index contributed by atoms with van der Waals surface area (Å²) in [5.41, 5.74) is 1.79. The minimum absolute atomic E-state index is 0.00883. The highest BCUT2D eigenvalue weighted by Gasteiger charge is 2.24. The van der Waals surface area contributed by atoms with Crippen LogP contribution in [0.25, 0.3) is 0 Å². The molecule has 1 aliphatic carbocycles. The molecule has 1 aliphatic rings. The second-order valence-electron chi connectivity index (χ2n) is 5.34. The molecule has 0 saturated carbocycles.